The summed E-state index contributed by atoms with van der Waals surface area (Å²) in [6.07, 6.45) is 1.88. The number of hydrogen-bond donors (Lipinski definition) is 1. The number of imidazole rings is 1. The van der Waals surface area contributed by atoms with Gasteiger partial charge < -0.3 is 5.11 Å². The van der Waals surface area contributed by atoms with Crippen molar-refractivity contribution in [3.05, 3.63) is 47.1 Å². The van der Waals surface area contributed by atoms with E-state index in [2.05, 4.69) is 4.98 Å². The summed E-state index contributed by atoms with van der Waals surface area (Å²) in [5, 5.41) is 11.2. The number of aromatic nitrogens is 2. The van der Waals surface area contributed by atoms with Gasteiger partial charge in [-0.1, -0.05) is 18.2 Å². The first-order valence-electron chi connectivity index (χ1n) is 5.42. The van der Waals surface area contributed by atoms with Crippen LogP contribution >= 0.6 is 11.3 Å². The molecule has 0 spiro atoms. The smallest absolute Gasteiger partial charge is 0.336 e. The first kappa shape index (κ1) is 11.0. The minimum Gasteiger partial charge on any atom is -0.478 e. The molecule has 0 fully saturated rings. The predicted octanol–water partition coefficient (Wildman–Crippen LogP) is 3.07. The molecule has 3 aromatic rings. The zero-order valence-corrected chi connectivity index (χ0v) is 10.4. The zero-order chi connectivity index (χ0) is 12.7. The fraction of sp³-hybridized carbons (Fsp3) is 0.0769. The average Bonchev–Trinajstić information content (AvgIpc) is 2.92. The summed E-state index contributed by atoms with van der Waals surface area (Å²) in [4.78, 5) is 16.5. The Morgan fingerprint density at radius 1 is 1.39 bits per heavy atom. The summed E-state index contributed by atoms with van der Waals surface area (Å²) in [7, 11) is 0. The maximum Gasteiger partial charge on any atom is 0.336 e. The Bertz CT molecular complexity index is 742. The lowest BCUT2D eigenvalue weighted by atomic mass is 10.1. The van der Waals surface area contributed by atoms with Crippen molar-refractivity contribution in [3.8, 4) is 11.3 Å². The number of hydrogen-bond acceptors (Lipinski definition) is 3. The molecule has 0 saturated carbocycles. The topological polar surface area (TPSA) is 54.6 Å². The van der Waals surface area contributed by atoms with Gasteiger partial charge in [-0.05, 0) is 13.0 Å². The molecule has 3 rings (SSSR count). The van der Waals surface area contributed by atoms with Crippen LogP contribution in [0.5, 0.6) is 0 Å². The third-order valence-corrected chi connectivity index (χ3v) is 3.78. The normalized spacial score (nSPS) is 10.9. The van der Waals surface area contributed by atoms with Crippen LogP contribution in [-0.4, -0.2) is 20.5 Å². The first-order valence-corrected chi connectivity index (χ1v) is 6.30. The predicted molar refractivity (Wildman–Crippen MR) is 70.2 cm³/mol. The Kier molecular flexibility index (Phi) is 2.41. The minimum atomic E-state index is -0.932. The van der Waals surface area contributed by atoms with Crippen molar-refractivity contribution in [1.82, 2.24) is 9.38 Å². The van der Waals surface area contributed by atoms with Crippen molar-refractivity contribution < 1.29 is 9.90 Å². The van der Waals surface area contributed by atoms with Gasteiger partial charge in [0.1, 0.15) is 0 Å². The SMILES string of the molecule is Cc1csc2nc(-c3ccccc3C(=O)O)cn12. The number of nitrogens with zero attached hydrogens (tertiary/aromatic N) is 2. The van der Waals surface area contributed by atoms with E-state index in [1.54, 1.807) is 29.5 Å². The molecule has 4 nitrogen and oxygen atoms in total. The van der Waals surface area contributed by atoms with Gasteiger partial charge in [-0.2, -0.15) is 0 Å². The van der Waals surface area contributed by atoms with Crippen LogP contribution < -0.4 is 0 Å². The van der Waals surface area contributed by atoms with Gasteiger partial charge in [-0.15, -0.1) is 11.3 Å². The van der Waals surface area contributed by atoms with Crippen LogP contribution in [0.15, 0.2) is 35.8 Å². The Labute approximate surface area is 107 Å². The highest BCUT2D eigenvalue weighted by molar-refractivity contribution is 7.15. The van der Waals surface area contributed by atoms with Crippen molar-refractivity contribution in [2.45, 2.75) is 6.92 Å². The van der Waals surface area contributed by atoms with Crippen LogP contribution in [0.25, 0.3) is 16.2 Å². The first-order chi connectivity index (χ1) is 8.66. The molecule has 1 N–H and O–H groups in total. The summed E-state index contributed by atoms with van der Waals surface area (Å²) >= 11 is 1.55. The monoisotopic (exact) mass is 258 g/mol. The quantitative estimate of drug-likeness (QED) is 0.768. The molecule has 2 heterocycles. The molecule has 1 aromatic carbocycles. The highest BCUT2D eigenvalue weighted by atomic mass is 32.1. The molecule has 2 aromatic heterocycles. The van der Waals surface area contributed by atoms with Crippen LogP contribution in [0.2, 0.25) is 0 Å². The number of carbonyl (C=O) groups is 1. The largest absolute Gasteiger partial charge is 0.478 e. The number of rotatable bonds is 2. The molecule has 0 atom stereocenters. The van der Waals surface area contributed by atoms with Gasteiger partial charge in [-0.3, -0.25) is 4.40 Å². The summed E-state index contributed by atoms with van der Waals surface area (Å²) in [5.41, 5.74) is 2.73. The fourth-order valence-corrected chi connectivity index (χ4v) is 2.77. The number of aryl methyl sites for hydroxylation is 1. The Morgan fingerprint density at radius 2 is 2.17 bits per heavy atom. The molecule has 0 saturated heterocycles. The van der Waals surface area contributed by atoms with Crippen molar-refractivity contribution in [1.29, 1.82) is 0 Å². The van der Waals surface area contributed by atoms with Gasteiger partial charge in [0.2, 0.25) is 0 Å². The van der Waals surface area contributed by atoms with E-state index >= 15 is 0 Å². The summed E-state index contributed by atoms with van der Waals surface area (Å²) in [6.45, 7) is 2.00. The Hall–Kier alpha value is -2.14. The van der Waals surface area contributed by atoms with E-state index in [1.807, 2.05) is 29.0 Å². The van der Waals surface area contributed by atoms with Gasteiger partial charge in [0.15, 0.2) is 4.96 Å². The van der Waals surface area contributed by atoms with E-state index in [0.717, 1.165) is 10.7 Å². The number of aromatic carboxylic acids is 1. The molecule has 0 unspecified atom stereocenters. The van der Waals surface area contributed by atoms with Crippen molar-refractivity contribution in [2.24, 2.45) is 0 Å². The second kappa shape index (κ2) is 3.96. The maximum absolute atomic E-state index is 11.2. The zero-order valence-electron chi connectivity index (χ0n) is 9.62. The Balaban J connectivity index is 2.22. The van der Waals surface area contributed by atoms with Gasteiger partial charge in [0, 0.05) is 22.8 Å². The van der Waals surface area contributed by atoms with E-state index in [4.69, 9.17) is 0 Å². The van der Waals surface area contributed by atoms with E-state index < -0.39 is 5.97 Å². The number of benzene rings is 1. The maximum atomic E-state index is 11.2. The molecule has 0 bridgehead atoms. The molecule has 0 aliphatic heterocycles. The molecule has 0 aliphatic carbocycles. The van der Waals surface area contributed by atoms with E-state index in [0.29, 0.717) is 11.3 Å². The molecular weight excluding hydrogens is 248 g/mol. The lowest BCUT2D eigenvalue weighted by Gasteiger charge is -2.01. The molecule has 0 radical (unpaired) electrons. The lowest BCUT2D eigenvalue weighted by Crippen LogP contribution is -1.98. The number of carboxylic acid groups (broad SMARTS) is 1. The molecule has 0 aliphatic rings. The standard InChI is InChI=1S/C13H10N2O2S/c1-8-7-18-13-14-11(6-15(8)13)9-4-2-3-5-10(9)12(16)17/h2-7H,1H3,(H,16,17). The summed E-state index contributed by atoms with van der Waals surface area (Å²) in [6, 6.07) is 6.92. The second-order valence-corrected chi connectivity index (χ2v) is 4.84. The molecule has 90 valence electrons. The molecule has 18 heavy (non-hydrogen) atoms. The second-order valence-electron chi connectivity index (χ2n) is 4.01. The number of carboxylic acids is 1. The third-order valence-electron chi connectivity index (χ3n) is 2.82. The van der Waals surface area contributed by atoms with Gasteiger partial charge in [0.25, 0.3) is 0 Å². The summed E-state index contributed by atoms with van der Waals surface area (Å²) in [5.74, 6) is -0.932. The third kappa shape index (κ3) is 1.60. The van der Waals surface area contributed by atoms with Crippen LogP contribution in [0.3, 0.4) is 0 Å². The summed E-state index contributed by atoms with van der Waals surface area (Å²) < 4.78 is 1.97. The van der Waals surface area contributed by atoms with Crippen LogP contribution in [-0.2, 0) is 0 Å². The van der Waals surface area contributed by atoms with Gasteiger partial charge >= 0.3 is 5.97 Å². The van der Waals surface area contributed by atoms with E-state index in [-0.39, 0.29) is 5.56 Å². The van der Waals surface area contributed by atoms with Crippen LogP contribution in [0, 0.1) is 6.92 Å². The van der Waals surface area contributed by atoms with E-state index in [1.165, 1.54) is 0 Å². The molecule has 5 heteroatoms. The van der Waals surface area contributed by atoms with Crippen molar-refractivity contribution in [2.75, 3.05) is 0 Å². The molecular formula is C13H10N2O2S. The number of fused-ring (bicyclic) bond motifs is 1. The van der Waals surface area contributed by atoms with Crippen LogP contribution in [0.1, 0.15) is 16.1 Å². The van der Waals surface area contributed by atoms with Crippen molar-refractivity contribution >= 4 is 22.3 Å². The Morgan fingerprint density at radius 3 is 2.89 bits per heavy atom. The average molecular weight is 258 g/mol. The van der Waals surface area contributed by atoms with E-state index in [9.17, 15) is 9.90 Å². The van der Waals surface area contributed by atoms with Crippen molar-refractivity contribution in [3.63, 3.8) is 0 Å². The highest BCUT2D eigenvalue weighted by Gasteiger charge is 2.14. The fourth-order valence-electron chi connectivity index (χ4n) is 1.92. The molecule has 0 amide bonds. The lowest BCUT2D eigenvalue weighted by molar-refractivity contribution is 0.0697. The number of thiazole rings is 1. The van der Waals surface area contributed by atoms with Gasteiger partial charge in [-0.25, -0.2) is 9.78 Å². The minimum absolute atomic E-state index is 0.279. The van der Waals surface area contributed by atoms with Gasteiger partial charge in [0.05, 0.1) is 11.3 Å². The van der Waals surface area contributed by atoms with Crippen LogP contribution in [0.4, 0.5) is 0 Å². The highest BCUT2D eigenvalue weighted by Crippen LogP contribution is 2.26.